The lowest BCUT2D eigenvalue weighted by atomic mass is 9.90. The maximum Gasteiger partial charge on any atom is 0.428 e. The Labute approximate surface area is 158 Å². The van der Waals surface area contributed by atoms with Crippen molar-refractivity contribution in [1.82, 2.24) is 5.01 Å². The number of likely N-dealkylation sites (N-methyl/N-ethyl adjacent to an activating group) is 1. The van der Waals surface area contributed by atoms with E-state index in [4.69, 9.17) is 4.74 Å². The second-order valence-electron chi connectivity index (χ2n) is 6.97. The number of rotatable bonds is 6. The standard InChI is InChI=1S/C20H27F3N2O2/c1-4-18(25(3)24-13-20(21,22)23)17-10-9-16(11-19(17)26)27-12-15-7-5-14(2)6-8-15/h4-5,7,11,13-15,26H,6,8-10,12H2,1-3H3/b18-4-,24-13+. The summed E-state index contributed by atoms with van der Waals surface area (Å²) in [5.74, 6) is 1.69. The molecule has 0 fully saturated rings. The Morgan fingerprint density at radius 1 is 1.33 bits per heavy atom. The summed E-state index contributed by atoms with van der Waals surface area (Å²) in [5.41, 5.74) is 0.991. The highest BCUT2D eigenvalue weighted by Gasteiger charge is 2.25. The number of aliphatic hydroxyl groups is 1. The Bertz CT molecular complexity index is 675. The molecule has 0 bridgehead atoms. The van der Waals surface area contributed by atoms with E-state index in [-0.39, 0.29) is 12.0 Å². The Balaban J connectivity index is 2.02. The van der Waals surface area contributed by atoms with Crippen molar-refractivity contribution in [2.75, 3.05) is 13.7 Å². The van der Waals surface area contributed by atoms with Crippen LogP contribution in [0.1, 0.15) is 39.5 Å². The fourth-order valence-electron chi connectivity index (χ4n) is 3.20. The van der Waals surface area contributed by atoms with Crippen molar-refractivity contribution in [1.29, 1.82) is 0 Å². The molecule has 0 saturated heterocycles. The van der Waals surface area contributed by atoms with Gasteiger partial charge >= 0.3 is 6.18 Å². The number of hydrogen-bond acceptors (Lipinski definition) is 4. The zero-order valence-corrected chi connectivity index (χ0v) is 16.0. The molecule has 2 aliphatic carbocycles. The van der Waals surface area contributed by atoms with E-state index in [0.29, 0.717) is 48.3 Å². The summed E-state index contributed by atoms with van der Waals surface area (Å²) in [7, 11) is 1.42. The topological polar surface area (TPSA) is 45.1 Å². The monoisotopic (exact) mass is 384 g/mol. The quantitative estimate of drug-likeness (QED) is 0.375. The third-order valence-corrected chi connectivity index (χ3v) is 4.72. The van der Waals surface area contributed by atoms with E-state index in [1.807, 2.05) is 0 Å². The van der Waals surface area contributed by atoms with E-state index in [2.05, 4.69) is 24.2 Å². The van der Waals surface area contributed by atoms with Crippen LogP contribution < -0.4 is 0 Å². The van der Waals surface area contributed by atoms with Gasteiger partial charge in [-0.3, -0.25) is 5.01 Å². The molecule has 0 aromatic carbocycles. The van der Waals surface area contributed by atoms with Gasteiger partial charge in [0.25, 0.3) is 0 Å². The summed E-state index contributed by atoms with van der Waals surface area (Å²) in [5, 5.41) is 14.9. The molecule has 0 aromatic rings. The number of aliphatic hydroxyl groups excluding tert-OH is 1. The Hall–Kier alpha value is -2.18. The molecule has 2 unspecified atom stereocenters. The Morgan fingerprint density at radius 3 is 2.63 bits per heavy atom. The smallest absolute Gasteiger partial charge is 0.428 e. The van der Waals surface area contributed by atoms with Crippen molar-refractivity contribution in [3.63, 3.8) is 0 Å². The summed E-state index contributed by atoms with van der Waals surface area (Å²) in [6.07, 6.45) is 6.31. The molecule has 2 atom stereocenters. The second-order valence-corrected chi connectivity index (χ2v) is 6.97. The predicted molar refractivity (Wildman–Crippen MR) is 100 cm³/mol. The summed E-state index contributed by atoms with van der Waals surface area (Å²) in [4.78, 5) is 0. The van der Waals surface area contributed by atoms with Crippen molar-refractivity contribution in [2.45, 2.75) is 45.7 Å². The van der Waals surface area contributed by atoms with Crippen LogP contribution in [-0.4, -0.2) is 36.2 Å². The molecule has 0 amide bonds. The normalized spacial score (nSPS) is 24.4. The third-order valence-electron chi connectivity index (χ3n) is 4.72. The van der Waals surface area contributed by atoms with E-state index in [1.165, 1.54) is 7.05 Å². The van der Waals surface area contributed by atoms with Crippen molar-refractivity contribution < 1.29 is 23.0 Å². The maximum atomic E-state index is 12.3. The molecular weight excluding hydrogens is 357 g/mol. The predicted octanol–water partition coefficient (Wildman–Crippen LogP) is 5.48. The van der Waals surface area contributed by atoms with E-state index in [9.17, 15) is 18.3 Å². The number of halogens is 3. The molecule has 0 radical (unpaired) electrons. The number of hydrazone groups is 1. The maximum absolute atomic E-state index is 12.3. The van der Waals surface area contributed by atoms with Crippen LogP contribution in [0.15, 0.2) is 52.2 Å². The number of nitrogens with zero attached hydrogens (tertiary/aromatic N) is 2. The minimum Gasteiger partial charge on any atom is -0.507 e. The Kier molecular flexibility index (Phi) is 7.16. The van der Waals surface area contributed by atoms with Crippen LogP contribution in [-0.2, 0) is 4.74 Å². The lowest BCUT2D eigenvalue weighted by Crippen LogP contribution is -2.19. The highest BCUT2D eigenvalue weighted by Crippen LogP contribution is 2.31. The summed E-state index contributed by atoms with van der Waals surface area (Å²) >= 11 is 0. The fourth-order valence-corrected chi connectivity index (χ4v) is 3.20. The molecule has 0 heterocycles. The first-order chi connectivity index (χ1) is 12.7. The molecule has 0 saturated carbocycles. The number of allylic oxidation sites excluding steroid dienone is 5. The molecule has 4 nitrogen and oxygen atoms in total. The summed E-state index contributed by atoms with van der Waals surface area (Å²) in [6.45, 7) is 4.46. The largest absolute Gasteiger partial charge is 0.507 e. The van der Waals surface area contributed by atoms with Gasteiger partial charge in [0, 0.05) is 31.0 Å². The van der Waals surface area contributed by atoms with Crippen LogP contribution >= 0.6 is 0 Å². The number of alkyl halides is 3. The van der Waals surface area contributed by atoms with E-state index in [0.717, 1.165) is 17.9 Å². The summed E-state index contributed by atoms with van der Waals surface area (Å²) < 4.78 is 42.8. The van der Waals surface area contributed by atoms with Gasteiger partial charge in [0.05, 0.1) is 18.1 Å². The van der Waals surface area contributed by atoms with E-state index in [1.54, 1.807) is 19.1 Å². The minimum absolute atomic E-state index is 0.00576. The third kappa shape index (κ3) is 6.48. The highest BCUT2D eigenvalue weighted by molar-refractivity contribution is 5.63. The van der Waals surface area contributed by atoms with Crippen molar-refractivity contribution >= 4 is 6.21 Å². The first-order valence-corrected chi connectivity index (χ1v) is 9.15. The molecule has 2 rings (SSSR count). The van der Waals surface area contributed by atoms with Crippen LogP contribution in [0.25, 0.3) is 0 Å². The number of ether oxygens (including phenoxy) is 1. The van der Waals surface area contributed by atoms with Gasteiger partial charge in [-0.1, -0.05) is 25.2 Å². The van der Waals surface area contributed by atoms with Crippen molar-refractivity contribution in [3.8, 4) is 0 Å². The fraction of sp³-hybridized carbons (Fsp3) is 0.550. The Morgan fingerprint density at radius 2 is 2.07 bits per heavy atom. The second kappa shape index (κ2) is 9.15. The zero-order valence-electron chi connectivity index (χ0n) is 16.0. The molecule has 7 heteroatoms. The van der Waals surface area contributed by atoms with E-state index < -0.39 is 6.18 Å². The number of hydrogen-bond donors (Lipinski definition) is 1. The van der Waals surface area contributed by atoms with Crippen molar-refractivity contribution in [2.24, 2.45) is 16.9 Å². The minimum atomic E-state index is -4.48. The molecule has 2 aliphatic rings. The van der Waals surface area contributed by atoms with Gasteiger partial charge in [0.15, 0.2) is 0 Å². The highest BCUT2D eigenvalue weighted by atomic mass is 19.4. The van der Waals surface area contributed by atoms with Gasteiger partial charge in [-0.25, -0.2) is 0 Å². The van der Waals surface area contributed by atoms with Crippen molar-refractivity contribution in [3.05, 3.63) is 47.1 Å². The lowest BCUT2D eigenvalue weighted by Gasteiger charge is -2.25. The first kappa shape index (κ1) is 21.1. The van der Waals surface area contributed by atoms with Gasteiger partial charge in [0.2, 0.25) is 0 Å². The van der Waals surface area contributed by atoms with E-state index >= 15 is 0 Å². The molecule has 1 N–H and O–H groups in total. The molecule has 27 heavy (non-hydrogen) atoms. The van der Waals surface area contributed by atoms with Gasteiger partial charge in [-0.2, -0.15) is 18.3 Å². The van der Waals surface area contributed by atoms with Crippen LogP contribution in [0.5, 0.6) is 0 Å². The average Bonchev–Trinajstić information content (AvgIpc) is 2.61. The molecule has 0 aromatic heterocycles. The molecule has 0 spiro atoms. The SMILES string of the molecule is C/C=C(/C1=C(O)C=C(OCC2C=CC(C)CC2)CC1)N(C)/N=C/C(F)(F)F. The lowest BCUT2D eigenvalue weighted by molar-refractivity contribution is -0.0545. The van der Waals surface area contributed by atoms with Crippen LogP contribution in [0, 0.1) is 11.8 Å². The molecule has 0 aliphatic heterocycles. The van der Waals surface area contributed by atoms with Crippen LogP contribution in [0.3, 0.4) is 0 Å². The molecule has 150 valence electrons. The van der Waals surface area contributed by atoms with Gasteiger partial charge in [-0.05, 0) is 32.1 Å². The van der Waals surface area contributed by atoms with Gasteiger partial charge < -0.3 is 9.84 Å². The average molecular weight is 384 g/mol. The first-order valence-electron chi connectivity index (χ1n) is 9.15. The molecular formula is C20H27F3N2O2. The summed E-state index contributed by atoms with van der Waals surface area (Å²) in [6, 6.07) is 0. The van der Waals surface area contributed by atoms with Crippen LogP contribution in [0.2, 0.25) is 0 Å². The van der Waals surface area contributed by atoms with Gasteiger partial charge in [0.1, 0.15) is 12.0 Å². The zero-order chi connectivity index (χ0) is 20.0. The van der Waals surface area contributed by atoms with Crippen LogP contribution in [0.4, 0.5) is 13.2 Å². The van der Waals surface area contributed by atoms with Gasteiger partial charge in [-0.15, -0.1) is 0 Å².